The van der Waals surface area contributed by atoms with E-state index < -0.39 is 0 Å². The zero-order valence-corrected chi connectivity index (χ0v) is 94.6. The van der Waals surface area contributed by atoms with Gasteiger partial charge in [-0.1, -0.05) is 670 Å². The first-order valence-electron chi connectivity index (χ1n) is 53.3. The van der Waals surface area contributed by atoms with E-state index in [1.807, 2.05) is 0 Å². The van der Waals surface area contributed by atoms with Gasteiger partial charge < -0.3 is 20.9 Å². The fraction of sp³-hybridized carbons (Fsp3) is 0.984. The number of carbonyl (C=O) groups excluding carboxylic acids is 1. The van der Waals surface area contributed by atoms with Crippen molar-refractivity contribution in [2.45, 2.75) is 742 Å². The maximum Gasteiger partial charge on any atom is 0.0522 e. The topological polar surface area (TPSA) is 29.5 Å². The Morgan fingerprint density at radius 1 is 0.277 bits per heavy atom. The fourth-order valence-corrected chi connectivity index (χ4v) is 12.5. The van der Waals surface area contributed by atoms with Gasteiger partial charge in [-0.25, -0.2) is 0 Å². The van der Waals surface area contributed by atoms with E-state index >= 15 is 0 Å². The zero-order valence-electron chi connectivity index (χ0n) is 91.7. The van der Waals surface area contributed by atoms with Crippen LogP contribution in [0.3, 0.4) is 0 Å². The van der Waals surface area contributed by atoms with Crippen LogP contribution < -0.4 is 0 Å². The van der Waals surface area contributed by atoms with E-state index in [2.05, 4.69) is 289 Å². The molecular weight excluding hydrogens is 1650 g/mol. The molecule has 130 heavy (non-hydrogen) atoms. The minimum absolute atomic E-state index is 0. The smallest absolute Gasteiger partial charge is 0.0522 e. The van der Waals surface area contributed by atoms with Gasteiger partial charge >= 0.3 is 0 Å². The van der Waals surface area contributed by atoms with E-state index in [-0.39, 0.29) is 142 Å². The van der Waals surface area contributed by atoms with Crippen molar-refractivity contribution in [2.24, 2.45) is 50.7 Å². The molecule has 0 aromatic heterocycles. The van der Waals surface area contributed by atoms with Crippen LogP contribution in [0.5, 0.6) is 0 Å². The molecule has 4 heteroatoms. The van der Waals surface area contributed by atoms with Gasteiger partial charge in [-0.15, -0.1) is 0 Å². The van der Waals surface area contributed by atoms with Gasteiger partial charge in [0.15, 0.2) is 0 Å². The third kappa shape index (κ3) is 184. The molecule has 831 valence electrons. The van der Waals surface area contributed by atoms with Crippen molar-refractivity contribution < 1.29 is 42.2 Å². The van der Waals surface area contributed by atoms with E-state index in [0.717, 1.165) is 36.9 Å². The van der Waals surface area contributed by atoms with E-state index in [1.165, 1.54) is 373 Å². The van der Waals surface area contributed by atoms with Gasteiger partial charge in [0.25, 0.3) is 0 Å². The number of Topliss-reactive ketones (excluding diaryl/α,β-unsaturated/α-hetero) is 1. The largest absolute Gasteiger partial charge is 0.380 e. The molecule has 1 fully saturated rings. The maximum absolute atomic E-state index is 9.76. The van der Waals surface area contributed by atoms with Crippen LogP contribution >= 0.6 is 0 Å². The molecule has 0 unspecified atom stereocenters. The van der Waals surface area contributed by atoms with Crippen molar-refractivity contribution in [2.75, 3.05) is 32.8 Å². The van der Waals surface area contributed by atoms with Gasteiger partial charge in [0.2, 0.25) is 0 Å². The first-order valence-corrected chi connectivity index (χ1v) is 53.3. The second kappa shape index (κ2) is 182. The average Bonchev–Trinajstić information content (AvgIpc) is 0.895. The predicted octanol–water partition coefficient (Wildman–Crippen LogP) is 51.7. The van der Waals surface area contributed by atoms with Crippen molar-refractivity contribution in [3.05, 3.63) is 6.42 Å². The molecule has 1 radical (unpaired) electrons. The van der Waals surface area contributed by atoms with Gasteiger partial charge in [-0.3, -0.25) is 0 Å². The Hall–Kier alpha value is 0.564. The number of rotatable bonds is 51. The summed E-state index contributed by atoms with van der Waals surface area (Å²) < 4.78 is 6.11. The van der Waals surface area contributed by atoms with Gasteiger partial charge in [0.05, 0.1) is 13.2 Å². The molecule has 0 N–H and O–H groups in total. The molecular formula is C126H306NO2Y-. The number of hydrogen-bond donors (Lipinski definition) is 0. The Balaban J connectivity index is -0.0000000313. The predicted molar refractivity (Wildman–Crippen MR) is 646 cm³/mol. The number of unbranched alkanes of at least 4 members (excludes halogenated alkanes) is 19. The number of ether oxygens (including phenoxy) is 1. The quantitative estimate of drug-likeness (QED) is 0.0449. The molecule has 0 aromatic carbocycles. The molecule has 0 atom stereocenters. The number of ketones is 1. The molecule has 1 aliphatic carbocycles. The first kappa shape index (κ1) is 212. The van der Waals surface area contributed by atoms with Crippen LogP contribution in [0.15, 0.2) is 0 Å². The zero-order chi connectivity index (χ0) is 92.4. The van der Waals surface area contributed by atoms with E-state index in [4.69, 9.17) is 4.74 Å². The first-order chi connectivity index (χ1) is 54.7. The Morgan fingerprint density at radius 3 is 0.531 bits per heavy atom. The molecule has 1 saturated carbocycles. The summed E-state index contributed by atoms with van der Waals surface area (Å²) in [6.45, 7) is 102. The summed E-state index contributed by atoms with van der Waals surface area (Å²) >= 11 is 0. The number of carbonyl (C=O) groups is 1. The van der Waals surface area contributed by atoms with Crippen molar-refractivity contribution >= 4 is 5.78 Å². The summed E-state index contributed by atoms with van der Waals surface area (Å²) in [5.41, 5.74) is 2.75. The maximum atomic E-state index is 9.76. The molecule has 0 saturated heterocycles. The van der Waals surface area contributed by atoms with Gasteiger partial charge in [-0.2, -0.15) is 6.92 Å². The Morgan fingerprint density at radius 2 is 0.446 bits per heavy atom. The van der Waals surface area contributed by atoms with Crippen LogP contribution in [0.2, 0.25) is 0 Å². The van der Waals surface area contributed by atoms with E-state index in [1.54, 1.807) is 6.92 Å². The van der Waals surface area contributed by atoms with Crippen LogP contribution in [-0.2, 0) is 42.2 Å². The van der Waals surface area contributed by atoms with Crippen LogP contribution in [-0.4, -0.2) is 43.5 Å². The Kier molecular flexibility index (Phi) is 297. The number of hydrogen-bond acceptors (Lipinski definition) is 3. The van der Waals surface area contributed by atoms with Crippen molar-refractivity contribution in [3.63, 3.8) is 0 Å². The van der Waals surface area contributed by atoms with Crippen LogP contribution in [0.4, 0.5) is 0 Å². The minimum Gasteiger partial charge on any atom is -0.380 e. The molecule has 0 spiro atoms. The van der Waals surface area contributed by atoms with Crippen molar-refractivity contribution in [3.8, 4) is 0 Å². The minimum atomic E-state index is 0. The van der Waals surface area contributed by atoms with Gasteiger partial charge in [0.1, 0.15) is 0 Å². The normalized spacial score (nSPS) is 11.2. The van der Waals surface area contributed by atoms with Gasteiger partial charge in [-0.05, 0) is 141 Å². The Labute approximate surface area is 878 Å². The molecule has 1 rings (SSSR count). The van der Waals surface area contributed by atoms with E-state index in [0.29, 0.717) is 27.1 Å². The van der Waals surface area contributed by atoms with Crippen LogP contribution in [0, 0.1) is 57.2 Å². The molecule has 1 aliphatic rings. The SMILES string of the molecule is C.C.C.C.C.C.C.C.C.C.C.C.C.C.CCC(C)(C)CC.CCC(C)C.CCC(C)CC.CCC(CC)(CC)CC.CCC(CC)(CC)CC.CCC(CC)(CC)COCC(CC)(CC)CC.CCC1CCC(CC)CC1.CCCC.CCCCC.CCCCCC.CCCCCCC.CCCCCCC.CCCCCCCC.CCCN(CCC)CCC.C[CH-]C(C)=O.[Y]. The standard InChI is InChI=1S/C16H34O.C10H20.C9H21N.2C9H20.C8H18.3C7H16.2C6H14.2C5H12.C4H7O.C4H10.14CH4.Y/c1-7-15(8-2,9-3)13-17-14-16(10-4,11-5)12-6;1-3-9-5-7-10(4-2)8-6-9;1-4-7-10(8-5-2)9-6-3;2*1-5-9(6-2,7-3)8-4;1-3-5-7-8-6-4-2;1-5-7(3,4)6-2;2*1-3-5-7-6-4-2;1-4-6(3)5-2;1-3-5-6-4-2;1-4-5(2)3;1-3-5-4-2;1-3-4(2)5;1-3-4-2;;;;;;;;;;;;;;;/h7-14H2,1-6H3;9-10H,3-8H2,1-2H3;4-9H2,1-3H3;2*5-8H2,1-4H3;3-8H2,1-2H3;5-6H2,1-4H3;2*3-7H2,1-2H3;6H,4-5H2,1-3H3;3-6H2,1-2H3;5H,4H2,1-3H3;3-5H2,1-2H3;3H,1-2H3;3-4H2,1-2H3;14*1H4;/q;;;;;;;;;;;;;-1;;;;;;;;;;;;;;;;. The molecule has 0 bridgehead atoms. The summed E-state index contributed by atoms with van der Waals surface area (Å²) in [5.74, 6) is 4.09. The van der Waals surface area contributed by atoms with Crippen molar-refractivity contribution in [1.82, 2.24) is 4.90 Å². The summed E-state index contributed by atoms with van der Waals surface area (Å²) in [5, 5.41) is 0. The summed E-state index contributed by atoms with van der Waals surface area (Å²) in [4.78, 5) is 12.3. The fourth-order valence-electron chi connectivity index (χ4n) is 12.5. The second-order valence-electron chi connectivity index (χ2n) is 36.1. The van der Waals surface area contributed by atoms with Crippen molar-refractivity contribution in [1.29, 1.82) is 0 Å². The molecule has 0 heterocycles. The monoisotopic (exact) mass is 1960 g/mol. The Bertz CT molecular complexity index is 1340. The van der Waals surface area contributed by atoms with Crippen LogP contribution in [0.25, 0.3) is 0 Å². The molecule has 3 nitrogen and oxygen atoms in total. The molecule has 0 aliphatic heterocycles. The number of nitrogens with zero attached hydrogens (tertiary/aromatic N) is 1. The average molecular weight is 1960 g/mol. The summed E-state index contributed by atoms with van der Waals surface area (Å²) in [7, 11) is 0. The van der Waals surface area contributed by atoms with Gasteiger partial charge in [0, 0.05) is 32.7 Å². The van der Waals surface area contributed by atoms with Crippen LogP contribution in [0.1, 0.15) is 742 Å². The van der Waals surface area contributed by atoms with E-state index in [9.17, 15) is 4.79 Å². The summed E-state index contributed by atoms with van der Waals surface area (Å²) in [6.07, 6.45) is 73.7. The molecule has 0 amide bonds. The third-order valence-electron chi connectivity index (χ3n) is 26.6. The second-order valence-corrected chi connectivity index (χ2v) is 36.1. The summed E-state index contributed by atoms with van der Waals surface area (Å²) in [6, 6.07) is 0. The molecule has 0 aromatic rings. The third-order valence-corrected chi connectivity index (χ3v) is 26.6.